The molecule has 0 aliphatic rings. The molecule has 0 N–H and O–H groups in total. The fraction of sp³-hybridized carbons (Fsp3) is 0.400. The summed E-state index contributed by atoms with van der Waals surface area (Å²) in [7, 11) is 6.71. The molecule has 0 aliphatic carbocycles. The van der Waals surface area contributed by atoms with E-state index in [0.29, 0.717) is 26.4 Å². The summed E-state index contributed by atoms with van der Waals surface area (Å²) >= 11 is 0. The van der Waals surface area contributed by atoms with Crippen molar-refractivity contribution in [1.29, 1.82) is 0 Å². The van der Waals surface area contributed by atoms with Gasteiger partial charge in [0.05, 0.1) is 26.4 Å². The normalized spacial score (nSPS) is 9.04. The summed E-state index contributed by atoms with van der Waals surface area (Å²) in [4.78, 5) is 0. The van der Waals surface area contributed by atoms with Crippen LogP contribution in [0.25, 0.3) is 0 Å². The van der Waals surface area contributed by atoms with Gasteiger partial charge in [0.2, 0.25) is 0 Å². The molecule has 0 fully saturated rings. The maximum atomic E-state index is 4.99. The molecule has 27 heavy (non-hydrogen) atoms. The summed E-state index contributed by atoms with van der Waals surface area (Å²) in [6.07, 6.45) is 0. The molecule has 0 saturated heterocycles. The van der Waals surface area contributed by atoms with E-state index in [0.717, 1.165) is 22.3 Å². The summed E-state index contributed by atoms with van der Waals surface area (Å²) in [5, 5.41) is 0. The summed E-state index contributed by atoms with van der Waals surface area (Å²) in [6.45, 7) is 2.43. The van der Waals surface area contributed by atoms with Crippen molar-refractivity contribution in [1.82, 2.24) is 0 Å². The van der Waals surface area contributed by atoms with Crippen LogP contribution in [0.4, 0.5) is 0 Å². The molecular weight excluding hydrogens is 583 g/mol. The molecule has 148 valence electrons. The maximum Gasteiger partial charge on any atom is 2.00 e. The van der Waals surface area contributed by atoms with Crippen molar-refractivity contribution in [3.63, 3.8) is 0 Å². The van der Waals surface area contributed by atoms with Crippen LogP contribution in [0.3, 0.4) is 0 Å². The first kappa shape index (κ1) is 31.7. The third kappa shape index (κ3) is 14.7. The molecule has 4 nitrogen and oxygen atoms in total. The van der Waals surface area contributed by atoms with Crippen LogP contribution in [-0.4, -0.2) is 52.3 Å². The standard InChI is InChI=1S/2C10H13O2.2BrH.Sn/c2*1-11-7-9-4-3-5-10(6-9)8-12-2;;;/h2*3-5H,7-8H2,1-2H3;2*1H;/q;;;;+2/p-2. The zero-order valence-electron chi connectivity index (χ0n) is 16.2. The van der Waals surface area contributed by atoms with Crippen LogP contribution in [-0.2, 0) is 45.4 Å². The second-order valence-electron chi connectivity index (χ2n) is 5.13. The molecule has 0 heterocycles. The van der Waals surface area contributed by atoms with E-state index in [4.69, 9.17) is 18.9 Å². The van der Waals surface area contributed by atoms with Gasteiger partial charge >= 0.3 is 23.9 Å². The molecule has 0 saturated carbocycles. The van der Waals surface area contributed by atoms with Crippen LogP contribution in [0.15, 0.2) is 36.4 Å². The smallest absolute Gasteiger partial charge is 1.00 e. The van der Waals surface area contributed by atoms with Crippen LogP contribution in [0, 0.1) is 12.1 Å². The Kier molecular flexibility index (Phi) is 24.4. The Morgan fingerprint density at radius 3 is 0.963 bits per heavy atom. The molecule has 2 rings (SSSR count). The largest absolute Gasteiger partial charge is 2.00 e. The van der Waals surface area contributed by atoms with E-state index in [9.17, 15) is 0 Å². The first-order valence-electron chi connectivity index (χ1n) is 7.69. The summed E-state index contributed by atoms with van der Waals surface area (Å²) < 4.78 is 20.0. The van der Waals surface area contributed by atoms with Gasteiger partial charge in [0.25, 0.3) is 0 Å². The van der Waals surface area contributed by atoms with Crippen molar-refractivity contribution < 1.29 is 52.9 Å². The molecule has 0 atom stereocenters. The first-order chi connectivity index (χ1) is 11.7. The van der Waals surface area contributed by atoms with Gasteiger partial charge in [-0.1, -0.05) is 36.4 Å². The van der Waals surface area contributed by atoms with E-state index in [1.807, 2.05) is 36.4 Å². The number of hydrogen-bond acceptors (Lipinski definition) is 4. The quantitative estimate of drug-likeness (QED) is 0.304. The van der Waals surface area contributed by atoms with Gasteiger partial charge in [-0.15, -0.1) is 0 Å². The Morgan fingerprint density at radius 2 is 0.778 bits per heavy atom. The van der Waals surface area contributed by atoms with Crippen LogP contribution in [0.5, 0.6) is 0 Å². The fourth-order valence-corrected chi connectivity index (χ4v) is 2.10. The third-order valence-electron chi connectivity index (χ3n) is 3.03. The molecule has 0 bridgehead atoms. The maximum absolute atomic E-state index is 4.99. The Hall–Kier alpha value is 0.0387. The van der Waals surface area contributed by atoms with E-state index in [-0.39, 0.29) is 57.9 Å². The van der Waals surface area contributed by atoms with Crippen molar-refractivity contribution in [3.8, 4) is 0 Å². The molecule has 0 aromatic heterocycles. The van der Waals surface area contributed by atoms with E-state index in [2.05, 4.69) is 12.1 Å². The Bertz CT molecular complexity index is 491. The van der Waals surface area contributed by atoms with Crippen LogP contribution in [0.1, 0.15) is 22.3 Å². The SMILES string of the molecule is COCc1[c]c(COC)ccc1.COCc1[c]c(COC)ccc1.[Br-].[Br-].[Sn+2]. The minimum Gasteiger partial charge on any atom is -1.00 e. The van der Waals surface area contributed by atoms with E-state index < -0.39 is 0 Å². The zero-order chi connectivity index (χ0) is 17.6. The predicted octanol–water partition coefficient (Wildman–Crippen LogP) is -2.81. The monoisotopic (exact) mass is 608 g/mol. The van der Waals surface area contributed by atoms with E-state index in [1.54, 1.807) is 28.4 Å². The van der Waals surface area contributed by atoms with Gasteiger partial charge in [-0.2, -0.15) is 0 Å². The van der Waals surface area contributed by atoms with Gasteiger partial charge in [-0.25, -0.2) is 0 Å². The van der Waals surface area contributed by atoms with E-state index in [1.165, 1.54) is 0 Å². The number of methoxy groups -OCH3 is 4. The molecule has 2 aromatic rings. The second kappa shape index (κ2) is 20.8. The minimum atomic E-state index is 0. The summed E-state index contributed by atoms with van der Waals surface area (Å²) in [5.74, 6) is 0. The van der Waals surface area contributed by atoms with Gasteiger partial charge < -0.3 is 52.9 Å². The number of hydrogen-bond donors (Lipinski definition) is 0. The van der Waals surface area contributed by atoms with Gasteiger partial charge in [-0.05, 0) is 34.4 Å². The Morgan fingerprint density at radius 1 is 0.556 bits per heavy atom. The van der Waals surface area contributed by atoms with Crippen molar-refractivity contribution in [2.45, 2.75) is 26.4 Å². The molecule has 0 amide bonds. The number of rotatable bonds is 8. The van der Waals surface area contributed by atoms with Gasteiger partial charge in [0.1, 0.15) is 0 Å². The average molecular weight is 609 g/mol. The van der Waals surface area contributed by atoms with Crippen molar-refractivity contribution in [3.05, 3.63) is 70.8 Å². The molecule has 7 heteroatoms. The van der Waals surface area contributed by atoms with Crippen molar-refractivity contribution in [2.75, 3.05) is 28.4 Å². The Balaban J connectivity index is -0.000000384. The van der Waals surface area contributed by atoms with Crippen LogP contribution < -0.4 is 34.0 Å². The predicted molar refractivity (Wildman–Crippen MR) is 99.2 cm³/mol. The first-order valence-corrected chi connectivity index (χ1v) is 7.69. The molecule has 0 aliphatic heterocycles. The summed E-state index contributed by atoms with van der Waals surface area (Å²) in [5.41, 5.74) is 4.25. The fourth-order valence-electron chi connectivity index (χ4n) is 2.10. The van der Waals surface area contributed by atoms with Crippen LogP contribution >= 0.6 is 0 Å². The second-order valence-corrected chi connectivity index (χ2v) is 5.13. The molecule has 0 unspecified atom stereocenters. The van der Waals surface area contributed by atoms with Crippen LogP contribution in [0.2, 0.25) is 0 Å². The van der Waals surface area contributed by atoms with Gasteiger partial charge in [-0.3, -0.25) is 0 Å². The van der Waals surface area contributed by atoms with Crippen molar-refractivity contribution in [2.24, 2.45) is 0 Å². The number of benzene rings is 2. The molecular formula is C20H26Br2O4Sn. The minimum absolute atomic E-state index is 0. The molecule has 0 spiro atoms. The summed E-state index contributed by atoms with van der Waals surface area (Å²) in [6, 6.07) is 18.3. The van der Waals surface area contributed by atoms with Gasteiger partial charge in [0, 0.05) is 28.4 Å². The van der Waals surface area contributed by atoms with E-state index >= 15 is 0 Å². The molecule has 2 aromatic carbocycles. The topological polar surface area (TPSA) is 36.9 Å². The zero-order valence-corrected chi connectivity index (χ0v) is 22.2. The van der Waals surface area contributed by atoms with Crippen molar-refractivity contribution >= 4 is 23.9 Å². The average Bonchev–Trinajstić information content (AvgIpc) is 2.58. The number of halogens is 2. The van der Waals surface area contributed by atoms with Gasteiger partial charge in [0.15, 0.2) is 0 Å². The third-order valence-corrected chi connectivity index (χ3v) is 3.03. The Labute approximate surface area is 201 Å². The number of ether oxygens (including phenoxy) is 4. The molecule has 4 radical (unpaired) electrons.